The first kappa shape index (κ1) is 19.1. The summed E-state index contributed by atoms with van der Waals surface area (Å²) >= 11 is 0. The molecule has 7 nitrogen and oxygen atoms in total. The van der Waals surface area contributed by atoms with Gasteiger partial charge in [0.15, 0.2) is 9.84 Å². The molecular weight excluding hydrogens is 380 g/mol. The number of carbonyl (C=O) groups excluding carboxylic acids is 3. The predicted molar refractivity (Wildman–Crippen MR) is 103 cm³/mol. The highest BCUT2D eigenvalue weighted by Gasteiger charge is 2.53. The number of anilines is 1. The third-order valence-corrected chi connectivity index (χ3v) is 7.97. The molecule has 4 rings (SSSR count). The molecule has 0 radical (unpaired) electrons. The Morgan fingerprint density at radius 3 is 2.43 bits per heavy atom. The number of sulfone groups is 1. The second kappa shape index (κ2) is 6.99. The lowest BCUT2D eigenvalue weighted by molar-refractivity contribution is -0.144. The average Bonchev–Trinajstić information content (AvgIpc) is 3.32. The Bertz CT molecular complexity index is 906. The molecule has 2 heterocycles. The summed E-state index contributed by atoms with van der Waals surface area (Å²) in [7, 11) is -3.19. The lowest BCUT2D eigenvalue weighted by Gasteiger charge is -2.30. The zero-order chi connectivity index (χ0) is 19.9. The van der Waals surface area contributed by atoms with Gasteiger partial charge in [-0.3, -0.25) is 19.3 Å². The van der Waals surface area contributed by atoms with Crippen LogP contribution in [-0.2, 0) is 24.2 Å². The van der Waals surface area contributed by atoms with Gasteiger partial charge in [0.1, 0.15) is 6.54 Å². The van der Waals surface area contributed by atoms with Crippen LogP contribution in [0.4, 0.5) is 5.69 Å². The molecule has 0 aromatic heterocycles. The summed E-state index contributed by atoms with van der Waals surface area (Å²) in [6.07, 6.45) is 3.79. The highest BCUT2D eigenvalue weighted by Crippen LogP contribution is 2.46. The number of likely N-dealkylation sites (tertiary alicyclic amines) is 1. The molecule has 150 valence electrons. The molecular formula is C20H24N2O5S. The third kappa shape index (κ3) is 3.34. The van der Waals surface area contributed by atoms with Crippen LogP contribution in [0.1, 0.15) is 38.5 Å². The SMILES string of the molecule is O=C1CC2(CCCC2)C(=O)N1CC(=O)N(c1ccccc1)[C@H]1CCS(=O)(=O)C1. The molecule has 1 spiro atoms. The minimum Gasteiger partial charge on any atom is -0.307 e. The van der Waals surface area contributed by atoms with E-state index in [1.54, 1.807) is 24.3 Å². The van der Waals surface area contributed by atoms with Gasteiger partial charge in [0.05, 0.1) is 23.0 Å². The van der Waals surface area contributed by atoms with Crippen LogP contribution in [0.2, 0.25) is 0 Å². The van der Waals surface area contributed by atoms with Crippen LogP contribution >= 0.6 is 0 Å². The molecule has 8 heteroatoms. The van der Waals surface area contributed by atoms with E-state index in [0.717, 1.165) is 17.7 Å². The fraction of sp³-hybridized carbons (Fsp3) is 0.550. The fourth-order valence-corrected chi connectivity index (χ4v) is 6.50. The van der Waals surface area contributed by atoms with Crippen molar-refractivity contribution < 1.29 is 22.8 Å². The Kier molecular flexibility index (Phi) is 4.77. The number of benzene rings is 1. The summed E-state index contributed by atoms with van der Waals surface area (Å²) in [6.45, 7) is -0.329. The number of amides is 3. The van der Waals surface area contributed by atoms with E-state index in [1.165, 1.54) is 4.90 Å². The van der Waals surface area contributed by atoms with Gasteiger partial charge in [0.2, 0.25) is 17.7 Å². The zero-order valence-corrected chi connectivity index (χ0v) is 16.5. The van der Waals surface area contributed by atoms with Crippen molar-refractivity contribution in [2.24, 2.45) is 5.41 Å². The highest BCUT2D eigenvalue weighted by atomic mass is 32.2. The number of imide groups is 1. The maximum atomic E-state index is 13.2. The summed E-state index contributed by atoms with van der Waals surface area (Å²) in [4.78, 5) is 41.1. The summed E-state index contributed by atoms with van der Waals surface area (Å²) in [5, 5.41) is 0. The van der Waals surface area contributed by atoms with Gasteiger partial charge in [-0.15, -0.1) is 0 Å². The molecule has 1 aliphatic carbocycles. The summed E-state index contributed by atoms with van der Waals surface area (Å²) in [6, 6.07) is 8.38. The summed E-state index contributed by atoms with van der Waals surface area (Å²) < 4.78 is 23.9. The van der Waals surface area contributed by atoms with Crippen molar-refractivity contribution in [1.82, 2.24) is 4.90 Å². The minimum absolute atomic E-state index is 0.0406. The van der Waals surface area contributed by atoms with E-state index in [2.05, 4.69) is 0 Å². The van der Waals surface area contributed by atoms with E-state index in [1.807, 2.05) is 6.07 Å². The molecule has 1 aromatic carbocycles. The van der Waals surface area contributed by atoms with E-state index in [4.69, 9.17) is 0 Å². The van der Waals surface area contributed by atoms with E-state index < -0.39 is 27.2 Å². The van der Waals surface area contributed by atoms with Gasteiger partial charge in [-0.2, -0.15) is 0 Å². The molecule has 0 unspecified atom stereocenters. The van der Waals surface area contributed by atoms with Gasteiger partial charge in [-0.1, -0.05) is 31.0 Å². The van der Waals surface area contributed by atoms with Crippen molar-refractivity contribution in [3.63, 3.8) is 0 Å². The van der Waals surface area contributed by atoms with E-state index in [0.29, 0.717) is 24.9 Å². The molecule has 1 saturated carbocycles. The molecule has 3 fully saturated rings. The van der Waals surface area contributed by atoms with Gasteiger partial charge >= 0.3 is 0 Å². The number of para-hydroxylation sites is 1. The van der Waals surface area contributed by atoms with Crippen LogP contribution in [0.25, 0.3) is 0 Å². The topological polar surface area (TPSA) is 91.8 Å². The normalized spacial score (nSPS) is 25.6. The lowest BCUT2D eigenvalue weighted by Crippen LogP contribution is -2.48. The van der Waals surface area contributed by atoms with Crippen molar-refractivity contribution >= 4 is 33.2 Å². The molecule has 1 atom stereocenters. The summed E-state index contributed by atoms with van der Waals surface area (Å²) in [5.41, 5.74) is -0.0321. The van der Waals surface area contributed by atoms with Crippen LogP contribution in [0.5, 0.6) is 0 Å². The van der Waals surface area contributed by atoms with Crippen molar-refractivity contribution in [1.29, 1.82) is 0 Å². The van der Waals surface area contributed by atoms with Gasteiger partial charge in [0, 0.05) is 12.1 Å². The maximum absolute atomic E-state index is 13.2. The number of rotatable bonds is 4. The maximum Gasteiger partial charge on any atom is 0.247 e. The van der Waals surface area contributed by atoms with Crippen LogP contribution in [0, 0.1) is 5.41 Å². The molecule has 1 aromatic rings. The van der Waals surface area contributed by atoms with Crippen LogP contribution in [0.3, 0.4) is 0 Å². The predicted octanol–water partition coefficient (Wildman–Crippen LogP) is 1.53. The molecule has 3 aliphatic rings. The van der Waals surface area contributed by atoms with Crippen LogP contribution in [-0.4, -0.2) is 55.1 Å². The quantitative estimate of drug-likeness (QED) is 0.710. The van der Waals surface area contributed by atoms with Gasteiger partial charge < -0.3 is 4.90 Å². The largest absolute Gasteiger partial charge is 0.307 e. The molecule has 2 aliphatic heterocycles. The molecule has 0 N–H and O–H groups in total. The first-order valence-corrected chi connectivity index (χ1v) is 11.6. The smallest absolute Gasteiger partial charge is 0.247 e. The van der Waals surface area contributed by atoms with Gasteiger partial charge in [0.25, 0.3) is 0 Å². The molecule has 0 bridgehead atoms. The number of nitrogens with zero attached hydrogens (tertiary/aromatic N) is 2. The van der Waals surface area contributed by atoms with Crippen LogP contribution < -0.4 is 4.90 Å². The highest BCUT2D eigenvalue weighted by molar-refractivity contribution is 7.91. The summed E-state index contributed by atoms with van der Waals surface area (Å²) in [5.74, 6) is -1.01. The average molecular weight is 404 g/mol. The Morgan fingerprint density at radius 2 is 1.82 bits per heavy atom. The Balaban J connectivity index is 1.58. The number of hydrogen-bond donors (Lipinski definition) is 0. The minimum atomic E-state index is -3.19. The van der Waals surface area contributed by atoms with Crippen molar-refractivity contribution in [2.75, 3.05) is 23.0 Å². The van der Waals surface area contributed by atoms with Gasteiger partial charge in [-0.25, -0.2) is 8.42 Å². The second-order valence-electron chi connectivity index (χ2n) is 8.11. The lowest BCUT2D eigenvalue weighted by atomic mass is 9.84. The second-order valence-corrected chi connectivity index (χ2v) is 10.3. The van der Waals surface area contributed by atoms with Crippen LogP contribution in [0.15, 0.2) is 30.3 Å². The molecule has 2 saturated heterocycles. The van der Waals surface area contributed by atoms with E-state index >= 15 is 0 Å². The fourth-order valence-electron chi connectivity index (χ4n) is 4.80. The molecule has 3 amide bonds. The molecule has 28 heavy (non-hydrogen) atoms. The Labute approximate surface area is 164 Å². The van der Waals surface area contributed by atoms with Crippen molar-refractivity contribution in [3.05, 3.63) is 30.3 Å². The Hall–Kier alpha value is -2.22. The Morgan fingerprint density at radius 1 is 1.14 bits per heavy atom. The first-order valence-electron chi connectivity index (χ1n) is 9.74. The standard InChI is InChI=1S/C20H24N2O5S/c23-17-12-20(9-4-5-10-20)19(25)21(17)13-18(24)22(15-6-2-1-3-7-15)16-8-11-28(26,27)14-16/h1-3,6-7,16H,4-5,8-14H2/t16-/m0/s1. The zero-order valence-electron chi connectivity index (χ0n) is 15.7. The van der Waals surface area contributed by atoms with Crippen molar-refractivity contribution in [2.45, 2.75) is 44.6 Å². The monoisotopic (exact) mass is 404 g/mol. The van der Waals surface area contributed by atoms with Gasteiger partial charge in [-0.05, 0) is 31.4 Å². The van der Waals surface area contributed by atoms with E-state index in [-0.39, 0.29) is 36.3 Å². The first-order chi connectivity index (χ1) is 13.3. The number of carbonyl (C=O) groups is 3. The third-order valence-electron chi connectivity index (χ3n) is 6.22. The van der Waals surface area contributed by atoms with Crippen molar-refractivity contribution in [3.8, 4) is 0 Å². The number of hydrogen-bond acceptors (Lipinski definition) is 5. The van der Waals surface area contributed by atoms with E-state index in [9.17, 15) is 22.8 Å².